The van der Waals surface area contributed by atoms with Crippen LogP contribution < -0.4 is 10.6 Å². The number of nitrogens with one attached hydrogen (secondary N) is 2. The first-order chi connectivity index (χ1) is 10.0. The fourth-order valence-corrected chi connectivity index (χ4v) is 1.89. The number of hydrogen-bond donors (Lipinski definition) is 2. The topological polar surface area (TPSA) is 106 Å². The number of aryl methyl sites for hydroxylation is 2. The zero-order valence-electron chi connectivity index (χ0n) is 12.0. The van der Waals surface area contributed by atoms with Crippen LogP contribution in [-0.4, -0.2) is 26.9 Å². The summed E-state index contributed by atoms with van der Waals surface area (Å²) in [6.07, 6.45) is 1.68. The van der Waals surface area contributed by atoms with Crippen LogP contribution >= 0.6 is 0 Å². The van der Waals surface area contributed by atoms with Crippen molar-refractivity contribution in [2.45, 2.75) is 20.4 Å². The van der Waals surface area contributed by atoms with Crippen LogP contribution in [0.5, 0.6) is 0 Å². The molecule has 2 heterocycles. The Morgan fingerprint density at radius 1 is 1.33 bits per heavy atom. The molecule has 0 aliphatic carbocycles. The Hall–Kier alpha value is -2.77. The molecule has 0 aliphatic heterocycles. The standard InChI is InChI=1S/C13H16N6O2/c1-8-5-4-6-15-10(8)7-16-12-11(19(20)21)9(2)17-13(14-3)18-12/h4-6H,7H2,1-3H3,(H2,14,16,17,18). The van der Waals surface area contributed by atoms with Gasteiger partial charge in [-0.05, 0) is 25.5 Å². The highest BCUT2D eigenvalue weighted by Crippen LogP contribution is 2.26. The van der Waals surface area contributed by atoms with E-state index in [2.05, 4.69) is 25.6 Å². The Labute approximate surface area is 121 Å². The zero-order chi connectivity index (χ0) is 15.4. The molecule has 0 aromatic carbocycles. The summed E-state index contributed by atoms with van der Waals surface area (Å²) >= 11 is 0. The summed E-state index contributed by atoms with van der Waals surface area (Å²) in [6.45, 7) is 3.87. The van der Waals surface area contributed by atoms with E-state index in [1.165, 1.54) is 0 Å². The quantitative estimate of drug-likeness (QED) is 0.640. The van der Waals surface area contributed by atoms with Crippen LogP contribution in [0.3, 0.4) is 0 Å². The van der Waals surface area contributed by atoms with Crippen molar-refractivity contribution in [3.05, 3.63) is 45.4 Å². The summed E-state index contributed by atoms with van der Waals surface area (Å²) in [5.41, 5.74) is 2.00. The number of hydrogen-bond acceptors (Lipinski definition) is 7. The molecule has 0 atom stereocenters. The number of pyridine rings is 1. The Bertz CT molecular complexity index is 674. The SMILES string of the molecule is CNc1nc(C)c([N+](=O)[O-])c(NCc2ncccc2C)n1. The van der Waals surface area contributed by atoms with Crippen molar-refractivity contribution in [1.82, 2.24) is 15.0 Å². The largest absolute Gasteiger partial charge is 0.359 e. The van der Waals surface area contributed by atoms with Gasteiger partial charge in [-0.1, -0.05) is 6.07 Å². The van der Waals surface area contributed by atoms with Crippen molar-refractivity contribution in [1.29, 1.82) is 0 Å². The van der Waals surface area contributed by atoms with Crippen LogP contribution in [0.2, 0.25) is 0 Å². The van der Waals surface area contributed by atoms with Crippen molar-refractivity contribution in [2.24, 2.45) is 0 Å². The third kappa shape index (κ3) is 3.22. The maximum atomic E-state index is 11.2. The Morgan fingerprint density at radius 2 is 2.10 bits per heavy atom. The molecule has 2 rings (SSSR count). The molecule has 21 heavy (non-hydrogen) atoms. The van der Waals surface area contributed by atoms with E-state index in [1.54, 1.807) is 20.2 Å². The van der Waals surface area contributed by atoms with Crippen molar-refractivity contribution < 1.29 is 4.92 Å². The highest BCUT2D eigenvalue weighted by atomic mass is 16.6. The van der Waals surface area contributed by atoms with Gasteiger partial charge in [0.1, 0.15) is 5.69 Å². The van der Waals surface area contributed by atoms with E-state index in [0.717, 1.165) is 11.3 Å². The summed E-state index contributed by atoms with van der Waals surface area (Å²) in [6, 6.07) is 3.78. The second kappa shape index (κ2) is 6.12. The zero-order valence-corrected chi connectivity index (χ0v) is 12.0. The molecule has 0 aliphatic rings. The molecule has 2 aromatic heterocycles. The summed E-state index contributed by atoms with van der Waals surface area (Å²) in [7, 11) is 1.66. The Kier molecular flexibility index (Phi) is 4.27. The minimum atomic E-state index is -0.484. The molecule has 8 nitrogen and oxygen atoms in total. The summed E-state index contributed by atoms with van der Waals surface area (Å²) in [4.78, 5) is 23.1. The molecular weight excluding hydrogens is 272 g/mol. The van der Waals surface area contributed by atoms with Gasteiger partial charge in [0.2, 0.25) is 11.8 Å². The Balaban J connectivity index is 2.32. The van der Waals surface area contributed by atoms with Crippen molar-refractivity contribution in [3.8, 4) is 0 Å². The van der Waals surface area contributed by atoms with Gasteiger partial charge in [0, 0.05) is 13.2 Å². The van der Waals surface area contributed by atoms with Gasteiger partial charge in [0.25, 0.3) is 0 Å². The highest BCUT2D eigenvalue weighted by Gasteiger charge is 2.21. The van der Waals surface area contributed by atoms with Gasteiger partial charge in [0.05, 0.1) is 17.2 Å². The van der Waals surface area contributed by atoms with Gasteiger partial charge in [-0.15, -0.1) is 0 Å². The number of nitrogens with zero attached hydrogens (tertiary/aromatic N) is 4. The molecule has 0 unspecified atom stereocenters. The van der Waals surface area contributed by atoms with Crippen LogP contribution in [0.25, 0.3) is 0 Å². The molecule has 0 fully saturated rings. The predicted molar refractivity (Wildman–Crippen MR) is 79.3 cm³/mol. The lowest BCUT2D eigenvalue weighted by Gasteiger charge is -2.10. The van der Waals surface area contributed by atoms with Crippen molar-refractivity contribution >= 4 is 17.5 Å². The summed E-state index contributed by atoms with van der Waals surface area (Å²) in [5.74, 6) is 0.514. The number of anilines is 2. The van der Waals surface area contributed by atoms with E-state index in [9.17, 15) is 10.1 Å². The molecule has 0 spiro atoms. The third-order valence-corrected chi connectivity index (χ3v) is 3.01. The normalized spacial score (nSPS) is 10.2. The molecule has 2 N–H and O–H groups in total. The maximum Gasteiger partial charge on any atom is 0.332 e. The number of rotatable bonds is 5. The highest BCUT2D eigenvalue weighted by molar-refractivity contribution is 5.60. The Morgan fingerprint density at radius 3 is 2.71 bits per heavy atom. The summed E-state index contributed by atoms with van der Waals surface area (Å²) in [5, 5.41) is 16.9. The first-order valence-corrected chi connectivity index (χ1v) is 6.38. The molecule has 0 saturated carbocycles. The first kappa shape index (κ1) is 14.6. The molecule has 2 aromatic rings. The van der Waals surface area contributed by atoms with E-state index in [0.29, 0.717) is 18.2 Å². The smallest absolute Gasteiger partial charge is 0.332 e. The van der Waals surface area contributed by atoms with Gasteiger partial charge in [-0.3, -0.25) is 15.1 Å². The molecule has 8 heteroatoms. The van der Waals surface area contributed by atoms with Crippen LogP contribution in [-0.2, 0) is 6.54 Å². The van der Waals surface area contributed by atoms with Crippen LogP contribution in [0.15, 0.2) is 18.3 Å². The molecule has 0 bridgehead atoms. The van der Waals surface area contributed by atoms with Gasteiger partial charge in [0.15, 0.2) is 0 Å². The first-order valence-electron chi connectivity index (χ1n) is 6.38. The lowest BCUT2D eigenvalue weighted by Crippen LogP contribution is -2.11. The molecular formula is C13H16N6O2. The second-order valence-electron chi connectivity index (χ2n) is 4.46. The number of aromatic nitrogens is 3. The fraction of sp³-hybridized carbons (Fsp3) is 0.308. The van der Waals surface area contributed by atoms with Crippen LogP contribution in [0.1, 0.15) is 17.0 Å². The second-order valence-corrected chi connectivity index (χ2v) is 4.46. The molecule has 0 saturated heterocycles. The van der Waals surface area contributed by atoms with Gasteiger partial charge in [-0.25, -0.2) is 4.98 Å². The van der Waals surface area contributed by atoms with E-state index in [-0.39, 0.29) is 11.5 Å². The molecule has 110 valence electrons. The van der Waals surface area contributed by atoms with E-state index in [4.69, 9.17) is 0 Å². The average Bonchev–Trinajstić information content (AvgIpc) is 2.45. The lowest BCUT2D eigenvalue weighted by atomic mass is 10.2. The average molecular weight is 288 g/mol. The predicted octanol–water partition coefficient (Wildman–Crippen LogP) is 2.05. The van der Waals surface area contributed by atoms with E-state index >= 15 is 0 Å². The van der Waals surface area contributed by atoms with Gasteiger partial charge < -0.3 is 10.6 Å². The van der Waals surface area contributed by atoms with E-state index < -0.39 is 4.92 Å². The maximum absolute atomic E-state index is 11.2. The van der Waals surface area contributed by atoms with E-state index in [1.807, 2.05) is 19.1 Å². The monoisotopic (exact) mass is 288 g/mol. The van der Waals surface area contributed by atoms with Crippen molar-refractivity contribution in [2.75, 3.05) is 17.7 Å². The van der Waals surface area contributed by atoms with Crippen LogP contribution in [0, 0.1) is 24.0 Å². The third-order valence-electron chi connectivity index (χ3n) is 3.01. The lowest BCUT2D eigenvalue weighted by molar-refractivity contribution is -0.385. The molecule has 0 radical (unpaired) electrons. The summed E-state index contributed by atoms with van der Waals surface area (Å²) < 4.78 is 0. The molecule has 0 amide bonds. The van der Waals surface area contributed by atoms with Crippen LogP contribution in [0.4, 0.5) is 17.5 Å². The van der Waals surface area contributed by atoms with Crippen molar-refractivity contribution in [3.63, 3.8) is 0 Å². The van der Waals surface area contributed by atoms with Gasteiger partial charge in [-0.2, -0.15) is 4.98 Å². The minimum Gasteiger partial charge on any atom is -0.359 e. The fourth-order valence-electron chi connectivity index (χ4n) is 1.89. The van der Waals surface area contributed by atoms with Gasteiger partial charge >= 0.3 is 5.69 Å². The minimum absolute atomic E-state index is 0.123. The number of nitro groups is 1.